The van der Waals surface area contributed by atoms with E-state index in [1.165, 1.54) is 0 Å². The molecule has 0 amide bonds. The van der Waals surface area contributed by atoms with Gasteiger partial charge in [-0.3, -0.25) is 4.90 Å². The van der Waals surface area contributed by atoms with E-state index >= 15 is 0 Å². The van der Waals surface area contributed by atoms with Crippen LogP contribution in [0.15, 0.2) is 18.2 Å². The van der Waals surface area contributed by atoms with E-state index in [9.17, 15) is 0 Å². The van der Waals surface area contributed by atoms with Crippen molar-refractivity contribution in [1.82, 2.24) is 30.0 Å². The fourth-order valence-corrected chi connectivity index (χ4v) is 3.63. The molecule has 1 aromatic heterocycles. The van der Waals surface area contributed by atoms with E-state index in [0.29, 0.717) is 13.2 Å². The van der Waals surface area contributed by atoms with Crippen molar-refractivity contribution >= 4 is 12.4 Å². The molecule has 9 nitrogen and oxygen atoms in total. The molecule has 1 fully saturated rings. The number of halogens is 1. The lowest BCUT2D eigenvalue weighted by molar-refractivity contribution is 0.106. The van der Waals surface area contributed by atoms with Crippen LogP contribution in [0.2, 0.25) is 0 Å². The first-order valence-corrected chi connectivity index (χ1v) is 9.65. The van der Waals surface area contributed by atoms with Gasteiger partial charge in [0.2, 0.25) is 0 Å². The van der Waals surface area contributed by atoms with Gasteiger partial charge in [-0.05, 0) is 35.2 Å². The van der Waals surface area contributed by atoms with Gasteiger partial charge in [0.25, 0.3) is 0 Å². The van der Waals surface area contributed by atoms with Crippen LogP contribution in [0.25, 0.3) is 0 Å². The van der Waals surface area contributed by atoms with Gasteiger partial charge in [-0.1, -0.05) is 6.92 Å². The third-order valence-corrected chi connectivity index (χ3v) is 5.26. The van der Waals surface area contributed by atoms with Gasteiger partial charge in [-0.15, -0.1) is 17.5 Å². The van der Waals surface area contributed by atoms with Gasteiger partial charge < -0.3 is 19.1 Å². The highest BCUT2D eigenvalue weighted by Crippen LogP contribution is 2.36. The standard InChI is InChI=1S/C19H30N6O3.ClH/c1-5-23-8-10-24(11-9-23)18(19-20-21-22-25(19)12-13-26-2)16-14-15(27-3)6-7-17(16)28-4;/h6-7,14,18H,5,8-13H2,1-4H3;1H. The Labute approximate surface area is 178 Å². The van der Waals surface area contributed by atoms with Crippen molar-refractivity contribution in [3.63, 3.8) is 0 Å². The molecule has 29 heavy (non-hydrogen) atoms. The van der Waals surface area contributed by atoms with Crippen molar-refractivity contribution in [2.75, 3.05) is 60.7 Å². The maximum absolute atomic E-state index is 5.68. The van der Waals surface area contributed by atoms with Crippen molar-refractivity contribution < 1.29 is 14.2 Å². The van der Waals surface area contributed by atoms with Gasteiger partial charge >= 0.3 is 0 Å². The lowest BCUT2D eigenvalue weighted by Gasteiger charge is -2.38. The average molecular weight is 427 g/mol. The van der Waals surface area contributed by atoms with E-state index in [1.807, 2.05) is 22.9 Å². The highest BCUT2D eigenvalue weighted by atomic mass is 35.5. The number of ether oxygens (including phenoxy) is 3. The zero-order valence-corrected chi connectivity index (χ0v) is 18.4. The number of benzene rings is 1. The maximum atomic E-state index is 5.68. The molecule has 1 atom stereocenters. The van der Waals surface area contributed by atoms with Gasteiger partial charge in [0, 0.05) is 38.9 Å². The molecule has 0 aliphatic carbocycles. The number of hydrogen-bond acceptors (Lipinski definition) is 8. The minimum atomic E-state index is -0.129. The quantitative estimate of drug-likeness (QED) is 0.596. The second-order valence-electron chi connectivity index (χ2n) is 6.73. The van der Waals surface area contributed by atoms with Crippen LogP contribution in [-0.2, 0) is 11.3 Å². The highest BCUT2D eigenvalue weighted by Gasteiger charge is 2.32. The van der Waals surface area contributed by atoms with Crippen LogP contribution in [0.3, 0.4) is 0 Å². The van der Waals surface area contributed by atoms with Gasteiger partial charge in [-0.25, -0.2) is 4.68 Å². The molecule has 1 aromatic carbocycles. The van der Waals surface area contributed by atoms with Gasteiger partial charge in [0.15, 0.2) is 5.82 Å². The van der Waals surface area contributed by atoms with Crippen molar-refractivity contribution in [2.24, 2.45) is 0 Å². The molecule has 1 aliphatic rings. The Morgan fingerprint density at radius 2 is 1.83 bits per heavy atom. The van der Waals surface area contributed by atoms with Crippen LogP contribution in [0.1, 0.15) is 24.4 Å². The summed E-state index contributed by atoms with van der Waals surface area (Å²) in [6.45, 7) is 8.28. The molecule has 0 saturated carbocycles. The molecule has 162 valence electrons. The van der Waals surface area contributed by atoms with Crippen molar-refractivity contribution in [1.29, 1.82) is 0 Å². The summed E-state index contributed by atoms with van der Waals surface area (Å²) in [6.07, 6.45) is 0. The molecule has 1 unspecified atom stereocenters. The lowest BCUT2D eigenvalue weighted by atomic mass is 10.0. The van der Waals surface area contributed by atoms with Gasteiger partial charge in [0.1, 0.15) is 17.5 Å². The van der Waals surface area contributed by atoms with Crippen LogP contribution in [0, 0.1) is 0 Å². The number of tetrazole rings is 1. The SMILES string of the molecule is CCN1CCN(C(c2cc(OC)ccc2OC)c2nnnn2CCOC)CC1.Cl. The fraction of sp³-hybridized carbons (Fsp3) is 0.632. The Kier molecular flexibility index (Phi) is 9.09. The lowest BCUT2D eigenvalue weighted by Crippen LogP contribution is -2.48. The molecule has 2 aromatic rings. The van der Waals surface area contributed by atoms with Crippen LogP contribution < -0.4 is 9.47 Å². The minimum absolute atomic E-state index is 0. The van der Waals surface area contributed by atoms with Crippen LogP contribution >= 0.6 is 12.4 Å². The van der Waals surface area contributed by atoms with E-state index < -0.39 is 0 Å². The molecule has 0 N–H and O–H groups in total. The smallest absolute Gasteiger partial charge is 0.173 e. The number of methoxy groups -OCH3 is 3. The zero-order chi connectivity index (χ0) is 19.9. The van der Waals surface area contributed by atoms with Crippen molar-refractivity contribution in [3.05, 3.63) is 29.6 Å². The molecule has 0 bridgehead atoms. The summed E-state index contributed by atoms with van der Waals surface area (Å²) in [7, 11) is 5.03. The second kappa shape index (κ2) is 11.3. The Balaban J connectivity index is 0.00000300. The van der Waals surface area contributed by atoms with Gasteiger partial charge in [0.05, 0.1) is 27.4 Å². The number of aromatic nitrogens is 4. The normalized spacial score (nSPS) is 16.3. The third kappa shape index (κ3) is 5.36. The third-order valence-electron chi connectivity index (χ3n) is 5.26. The molecule has 0 spiro atoms. The summed E-state index contributed by atoms with van der Waals surface area (Å²) in [5, 5.41) is 12.5. The summed E-state index contributed by atoms with van der Waals surface area (Å²) in [5.74, 6) is 2.36. The minimum Gasteiger partial charge on any atom is -0.497 e. The topological polar surface area (TPSA) is 77.8 Å². The van der Waals surface area contributed by atoms with Gasteiger partial charge in [-0.2, -0.15) is 0 Å². The summed E-state index contributed by atoms with van der Waals surface area (Å²) >= 11 is 0. The van der Waals surface area contributed by atoms with E-state index in [1.54, 1.807) is 21.3 Å². The monoisotopic (exact) mass is 426 g/mol. The molecule has 1 aliphatic heterocycles. The second-order valence-corrected chi connectivity index (χ2v) is 6.73. The summed E-state index contributed by atoms with van der Waals surface area (Å²) < 4.78 is 18.2. The predicted octanol–water partition coefficient (Wildman–Crippen LogP) is 1.49. The summed E-state index contributed by atoms with van der Waals surface area (Å²) in [6, 6.07) is 5.73. The number of hydrogen-bond donors (Lipinski definition) is 0. The summed E-state index contributed by atoms with van der Waals surface area (Å²) in [4.78, 5) is 4.86. The maximum Gasteiger partial charge on any atom is 0.173 e. The first-order valence-electron chi connectivity index (χ1n) is 9.65. The molecule has 2 heterocycles. The van der Waals surface area contributed by atoms with E-state index in [4.69, 9.17) is 14.2 Å². The largest absolute Gasteiger partial charge is 0.497 e. The predicted molar refractivity (Wildman–Crippen MR) is 112 cm³/mol. The Morgan fingerprint density at radius 3 is 2.45 bits per heavy atom. The molecular weight excluding hydrogens is 396 g/mol. The van der Waals surface area contributed by atoms with Crippen molar-refractivity contribution in [2.45, 2.75) is 19.5 Å². The van der Waals surface area contributed by atoms with E-state index in [-0.39, 0.29) is 18.4 Å². The number of likely N-dealkylation sites (N-methyl/N-ethyl adjacent to an activating group) is 1. The Morgan fingerprint density at radius 1 is 1.07 bits per heavy atom. The fourth-order valence-electron chi connectivity index (χ4n) is 3.63. The molecule has 3 rings (SSSR count). The molecule has 0 radical (unpaired) electrons. The van der Waals surface area contributed by atoms with E-state index in [2.05, 4.69) is 32.2 Å². The summed E-state index contributed by atoms with van der Waals surface area (Å²) in [5.41, 5.74) is 1.00. The van der Waals surface area contributed by atoms with Crippen molar-refractivity contribution in [3.8, 4) is 11.5 Å². The van der Waals surface area contributed by atoms with Crippen LogP contribution in [-0.4, -0.2) is 90.7 Å². The van der Waals surface area contributed by atoms with Crippen LogP contribution in [0.4, 0.5) is 0 Å². The highest BCUT2D eigenvalue weighted by molar-refractivity contribution is 5.85. The number of nitrogens with zero attached hydrogens (tertiary/aromatic N) is 6. The molecule has 10 heteroatoms. The molecule has 1 saturated heterocycles. The number of rotatable bonds is 9. The Hall–Kier alpha value is -1.94. The zero-order valence-electron chi connectivity index (χ0n) is 17.6. The average Bonchev–Trinajstić information content (AvgIpc) is 3.20. The Bertz CT molecular complexity index is 751. The molecular formula is C19H31ClN6O3. The first-order chi connectivity index (χ1) is 13.7. The first kappa shape index (κ1) is 23.3. The van der Waals surface area contributed by atoms with Crippen LogP contribution in [0.5, 0.6) is 11.5 Å². The number of piperazine rings is 1. The van der Waals surface area contributed by atoms with E-state index in [0.717, 1.165) is 55.6 Å².